The second kappa shape index (κ2) is 11.9. The number of hydrogen-bond donors (Lipinski definition) is 4. The summed E-state index contributed by atoms with van der Waals surface area (Å²) in [6.07, 6.45) is 0. The van der Waals surface area contributed by atoms with Gasteiger partial charge in [-0.05, 0) is 52.9 Å². The molecule has 0 aliphatic heterocycles. The van der Waals surface area contributed by atoms with Crippen molar-refractivity contribution in [3.05, 3.63) is 75.2 Å². The van der Waals surface area contributed by atoms with Crippen molar-refractivity contribution < 1.29 is 24.2 Å². The molecule has 3 rings (SSSR count). The first-order valence-electron chi connectivity index (χ1n) is 11.3. The number of carboxylic acids is 1. The molecular weight excluding hydrogens is 553 g/mol. The van der Waals surface area contributed by atoms with Gasteiger partial charge in [-0.3, -0.25) is 4.79 Å². The number of ether oxygens (including phenoxy) is 1. The lowest BCUT2D eigenvalue weighted by Gasteiger charge is -2.28. The molecule has 0 aliphatic rings. The Labute approximate surface area is 235 Å². The summed E-state index contributed by atoms with van der Waals surface area (Å²) in [6, 6.07) is 13.0. The van der Waals surface area contributed by atoms with Crippen molar-refractivity contribution in [3.8, 4) is 16.9 Å². The number of carbonyl (C=O) groups excluding carboxylic acids is 2. The van der Waals surface area contributed by atoms with Crippen LogP contribution in [0.2, 0.25) is 15.1 Å². The molecule has 0 aliphatic carbocycles. The predicted octanol–water partition coefficient (Wildman–Crippen LogP) is 7.20. The van der Waals surface area contributed by atoms with Crippen LogP contribution in [0.5, 0.6) is 5.75 Å². The highest BCUT2D eigenvalue weighted by atomic mass is 35.5. The van der Waals surface area contributed by atoms with Crippen LogP contribution in [0.4, 0.5) is 16.2 Å². The van der Waals surface area contributed by atoms with Gasteiger partial charge in [-0.25, -0.2) is 9.59 Å². The largest absolute Gasteiger partial charge is 0.497 e. The molecule has 3 amide bonds. The zero-order valence-corrected chi connectivity index (χ0v) is 23.3. The number of benzene rings is 3. The van der Waals surface area contributed by atoms with Crippen LogP contribution in [-0.2, 0) is 4.79 Å². The highest BCUT2D eigenvalue weighted by Gasteiger charge is 2.33. The van der Waals surface area contributed by atoms with E-state index in [9.17, 15) is 19.5 Å². The van der Waals surface area contributed by atoms with Gasteiger partial charge in [0.15, 0.2) is 0 Å². The van der Waals surface area contributed by atoms with E-state index in [1.807, 2.05) is 12.1 Å². The number of nitrogens with one attached hydrogen (secondary N) is 3. The monoisotopic (exact) mass is 577 g/mol. The molecule has 0 aromatic heterocycles. The summed E-state index contributed by atoms with van der Waals surface area (Å²) in [5.41, 5.74) is 1.04. The second-order valence-electron chi connectivity index (χ2n) is 9.42. The first kappa shape index (κ1) is 29.1. The third kappa shape index (κ3) is 7.10. The second-order valence-corrected chi connectivity index (χ2v) is 10.7. The van der Waals surface area contributed by atoms with Gasteiger partial charge in [0.2, 0.25) is 0 Å². The first-order chi connectivity index (χ1) is 17.8. The number of anilines is 2. The van der Waals surface area contributed by atoms with Crippen LogP contribution in [0.15, 0.2) is 54.6 Å². The first-order valence-corrected chi connectivity index (χ1v) is 12.5. The summed E-state index contributed by atoms with van der Waals surface area (Å²) in [6.45, 7) is 5.10. The lowest BCUT2D eigenvalue weighted by Crippen LogP contribution is -2.49. The molecule has 3 aromatic rings. The number of rotatable bonds is 7. The molecule has 11 heteroatoms. The molecule has 38 heavy (non-hydrogen) atoms. The zero-order valence-electron chi connectivity index (χ0n) is 21.0. The number of urea groups is 1. The van der Waals surface area contributed by atoms with Gasteiger partial charge >= 0.3 is 12.0 Å². The van der Waals surface area contributed by atoms with Crippen molar-refractivity contribution in [2.75, 3.05) is 17.7 Å². The highest BCUT2D eigenvalue weighted by molar-refractivity contribution is 6.42. The van der Waals surface area contributed by atoms with E-state index in [1.165, 1.54) is 18.2 Å². The van der Waals surface area contributed by atoms with E-state index in [4.69, 9.17) is 39.5 Å². The van der Waals surface area contributed by atoms with E-state index in [-0.39, 0.29) is 27.0 Å². The van der Waals surface area contributed by atoms with Gasteiger partial charge < -0.3 is 25.8 Å². The van der Waals surface area contributed by atoms with Crippen LogP contribution in [0.1, 0.15) is 31.1 Å². The fraction of sp³-hybridized carbons (Fsp3) is 0.222. The van der Waals surface area contributed by atoms with Crippen LogP contribution < -0.4 is 20.7 Å². The number of amides is 3. The van der Waals surface area contributed by atoms with Crippen LogP contribution in [0.25, 0.3) is 11.1 Å². The zero-order chi connectivity index (χ0) is 28.2. The summed E-state index contributed by atoms with van der Waals surface area (Å²) in [4.78, 5) is 38.0. The molecule has 0 unspecified atom stereocenters. The smallest absolute Gasteiger partial charge is 0.326 e. The molecule has 0 bridgehead atoms. The van der Waals surface area contributed by atoms with Crippen LogP contribution in [0, 0.1) is 5.41 Å². The van der Waals surface area contributed by atoms with E-state index < -0.39 is 29.4 Å². The molecule has 3 aromatic carbocycles. The van der Waals surface area contributed by atoms with E-state index >= 15 is 0 Å². The molecule has 0 spiro atoms. The Kier molecular flexibility index (Phi) is 9.14. The molecule has 0 fully saturated rings. The predicted molar refractivity (Wildman–Crippen MR) is 151 cm³/mol. The van der Waals surface area contributed by atoms with Crippen LogP contribution in [-0.4, -0.2) is 36.2 Å². The number of methoxy groups -OCH3 is 1. The Bertz CT molecular complexity index is 1350. The van der Waals surface area contributed by atoms with E-state index in [0.717, 1.165) is 5.56 Å². The van der Waals surface area contributed by atoms with E-state index in [1.54, 1.807) is 52.1 Å². The van der Waals surface area contributed by atoms with Crippen molar-refractivity contribution >= 4 is 64.1 Å². The van der Waals surface area contributed by atoms with Crippen molar-refractivity contribution in [2.45, 2.75) is 26.8 Å². The lowest BCUT2D eigenvalue weighted by atomic mass is 9.86. The van der Waals surface area contributed by atoms with Gasteiger partial charge in [-0.15, -0.1) is 0 Å². The maximum absolute atomic E-state index is 13.2. The minimum atomic E-state index is -1.18. The fourth-order valence-electron chi connectivity index (χ4n) is 3.59. The number of halogens is 3. The average Bonchev–Trinajstić information content (AvgIpc) is 2.83. The maximum Gasteiger partial charge on any atom is 0.326 e. The molecule has 0 radical (unpaired) electrons. The van der Waals surface area contributed by atoms with Gasteiger partial charge in [-0.1, -0.05) is 73.8 Å². The summed E-state index contributed by atoms with van der Waals surface area (Å²) in [7, 11) is 1.56. The third-order valence-corrected chi connectivity index (χ3v) is 6.38. The summed E-state index contributed by atoms with van der Waals surface area (Å²) in [5, 5.41) is 18.0. The Morgan fingerprint density at radius 2 is 1.45 bits per heavy atom. The standard InChI is InChI=1S/C27H26Cl3N3O5/c1-27(2,3)23(25(35)36)33-24(34)18-10-7-15(14-5-8-17(38-4)9-6-14)11-21(18)31-26(37)32-22-19(29)12-16(28)13-20(22)30/h5-13,23H,1-4H3,(H,33,34)(H,35,36)(H2,31,32,37)/t23-/m1/s1. The molecule has 200 valence electrons. The molecule has 0 saturated carbocycles. The maximum atomic E-state index is 13.2. The Morgan fingerprint density at radius 3 is 1.97 bits per heavy atom. The molecular formula is C27H26Cl3N3O5. The Morgan fingerprint density at radius 1 is 0.868 bits per heavy atom. The van der Waals surface area contributed by atoms with Crippen LogP contribution in [0.3, 0.4) is 0 Å². The van der Waals surface area contributed by atoms with Gasteiger partial charge in [0.1, 0.15) is 11.8 Å². The summed E-state index contributed by atoms with van der Waals surface area (Å²) >= 11 is 18.3. The summed E-state index contributed by atoms with van der Waals surface area (Å²) in [5.74, 6) is -1.19. The minimum absolute atomic E-state index is 0.0567. The lowest BCUT2D eigenvalue weighted by molar-refractivity contribution is -0.142. The number of aliphatic carboxylic acids is 1. The van der Waals surface area contributed by atoms with Crippen molar-refractivity contribution in [3.63, 3.8) is 0 Å². The fourth-order valence-corrected chi connectivity index (χ4v) is 4.51. The van der Waals surface area contributed by atoms with Gasteiger partial charge in [0, 0.05) is 5.02 Å². The number of carbonyl (C=O) groups is 3. The third-order valence-electron chi connectivity index (χ3n) is 5.57. The number of hydrogen-bond acceptors (Lipinski definition) is 4. The van der Waals surface area contributed by atoms with Gasteiger partial charge in [0.25, 0.3) is 5.91 Å². The normalized spacial score (nSPS) is 11.9. The average molecular weight is 579 g/mol. The Balaban J connectivity index is 1.99. The van der Waals surface area contributed by atoms with E-state index in [2.05, 4.69) is 16.0 Å². The van der Waals surface area contributed by atoms with Crippen LogP contribution >= 0.6 is 34.8 Å². The minimum Gasteiger partial charge on any atom is -0.497 e. The van der Waals surface area contributed by atoms with Crippen molar-refractivity contribution in [2.24, 2.45) is 5.41 Å². The molecule has 8 nitrogen and oxygen atoms in total. The topological polar surface area (TPSA) is 117 Å². The molecule has 1 atom stereocenters. The quantitative estimate of drug-likeness (QED) is 0.237. The van der Waals surface area contributed by atoms with Crippen molar-refractivity contribution in [1.29, 1.82) is 0 Å². The number of carboxylic acid groups (broad SMARTS) is 1. The van der Waals surface area contributed by atoms with Gasteiger partial charge in [0.05, 0.1) is 34.1 Å². The summed E-state index contributed by atoms with van der Waals surface area (Å²) < 4.78 is 5.20. The molecule has 4 N–H and O–H groups in total. The molecule has 0 saturated heterocycles. The Hall–Kier alpha value is -3.46. The van der Waals surface area contributed by atoms with Crippen molar-refractivity contribution in [1.82, 2.24) is 5.32 Å². The highest BCUT2D eigenvalue weighted by Crippen LogP contribution is 2.34. The SMILES string of the molecule is COc1ccc(-c2ccc(C(=O)N[C@H](C(=O)O)C(C)(C)C)c(NC(=O)Nc3c(Cl)cc(Cl)cc3Cl)c2)cc1. The molecule has 0 heterocycles. The van der Waals surface area contributed by atoms with Gasteiger partial charge in [-0.2, -0.15) is 0 Å². The van der Waals surface area contributed by atoms with E-state index in [0.29, 0.717) is 16.3 Å².